The molecule has 3 aromatic carbocycles. The average Bonchev–Trinajstić information content (AvgIpc) is 2.96. The van der Waals surface area contributed by atoms with Crippen molar-refractivity contribution in [1.29, 1.82) is 5.26 Å². The van der Waals surface area contributed by atoms with Gasteiger partial charge in [-0.3, -0.25) is 14.5 Å². The highest BCUT2D eigenvalue weighted by Crippen LogP contribution is 2.33. The highest BCUT2D eigenvalue weighted by Gasteiger charge is 2.34. The maximum Gasteiger partial charge on any atom is 0.293 e. The van der Waals surface area contributed by atoms with Crippen LogP contribution in [0.3, 0.4) is 0 Å². The van der Waals surface area contributed by atoms with Crippen LogP contribution in [0.2, 0.25) is 0 Å². The molecule has 3 aromatic rings. The van der Waals surface area contributed by atoms with Crippen molar-refractivity contribution in [2.75, 3.05) is 0 Å². The van der Waals surface area contributed by atoms with E-state index in [1.807, 2.05) is 42.5 Å². The molecule has 0 unspecified atom stereocenters. The van der Waals surface area contributed by atoms with Crippen LogP contribution in [0.25, 0.3) is 16.8 Å². The van der Waals surface area contributed by atoms with Crippen LogP contribution in [-0.2, 0) is 11.3 Å². The number of carbonyl (C=O) groups is 2. The molecule has 0 N–H and O–H groups in total. The Hall–Kier alpha value is -3.36. The molecular formula is C22H14N2O2S. The molecule has 1 saturated heterocycles. The summed E-state index contributed by atoms with van der Waals surface area (Å²) in [7, 11) is 0. The first-order valence-electron chi connectivity index (χ1n) is 8.37. The summed E-state index contributed by atoms with van der Waals surface area (Å²) < 4.78 is 0. The van der Waals surface area contributed by atoms with Crippen molar-refractivity contribution in [2.24, 2.45) is 0 Å². The quantitative estimate of drug-likeness (QED) is 0.612. The fourth-order valence-corrected chi connectivity index (χ4v) is 3.80. The Balaban J connectivity index is 1.56. The van der Waals surface area contributed by atoms with Gasteiger partial charge in [-0.2, -0.15) is 5.26 Å². The van der Waals surface area contributed by atoms with Crippen LogP contribution in [0.15, 0.2) is 71.6 Å². The van der Waals surface area contributed by atoms with Gasteiger partial charge in [0, 0.05) is 0 Å². The third-order valence-corrected chi connectivity index (χ3v) is 5.27. The SMILES string of the molecule is N#Cc1ccc(/C=C2\SC(=O)N(Cc3ccc4ccccc4c3)C2=O)cc1. The maximum atomic E-state index is 12.7. The lowest BCUT2D eigenvalue weighted by Crippen LogP contribution is -2.27. The van der Waals surface area contributed by atoms with Crippen LogP contribution in [0, 0.1) is 11.3 Å². The molecule has 0 atom stereocenters. The minimum atomic E-state index is -0.289. The molecule has 4 rings (SSSR count). The fourth-order valence-electron chi connectivity index (χ4n) is 2.96. The smallest absolute Gasteiger partial charge is 0.268 e. The van der Waals surface area contributed by atoms with Crippen molar-refractivity contribution in [1.82, 2.24) is 4.90 Å². The topological polar surface area (TPSA) is 61.2 Å². The molecule has 1 fully saturated rings. The van der Waals surface area contributed by atoms with Crippen molar-refractivity contribution in [3.05, 3.63) is 88.3 Å². The van der Waals surface area contributed by atoms with Gasteiger partial charge in [0.25, 0.3) is 11.1 Å². The Labute approximate surface area is 160 Å². The number of imide groups is 1. The van der Waals surface area contributed by atoms with Gasteiger partial charge in [0.05, 0.1) is 23.1 Å². The lowest BCUT2D eigenvalue weighted by molar-refractivity contribution is -0.123. The average molecular weight is 370 g/mol. The zero-order chi connectivity index (χ0) is 18.8. The van der Waals surface area contributed by atoms with Crippen LogP contribution in [0.5, 0.6) is 0 Å². The summed E-state index contributed by atoms with van der Waals surface area (Å²) in [6, 6.07) is 22.9. The molecule has 27 heavy (non-hydrogen) atoms. The van der Waals surface area contributed by atoms with Gasteiger partial charge in [0.15, 0.2) is 0 Å². The van der Waals surface area contributed by atoms with E-state index in [9.17, 15) is 9.59 Å². The molecule has 130 valence electrons. The van der Waals surface area contributed by atoms with Gasteiger partial charge >= 0.3 is 0 Å². The number of hydrogen-bond acceptors (Lipinski definition) is 4. The van der Waals surface area contributed by atoms with E-state index in [4.69, 9.17) is 5.26 Å². The van der Waals surface area contributed by atoms with Gasteiger partial charge < -0.3 is 0 Å². The van der Waals surface area contributed by atoms with Crippen LogP contribution < -0.4 is 0 Å². The number of fused-ring (bicyclic) bond motifs is 1. The number of carbonyl (C=O) groups excluding carboxylic acids is 2. The molecule has 4 nitrogen and oxygen atoms in total. The molecule has 5 heteroatoms. The second-order valence-electron chi connectivity index (χ2n) is 6.18. The second kappa shape index (κ2) is 7.10. The maximum absolute atomic E-state index is 12.7. The number of benzene rings is 3. The van der Waals surface area contributed by atoms with Crippen LogP contribution >= 0.6 is 11.8 Å². The Morgan fingerprint density at radius 2 is 1.70 bits per heavy atom. The Morgan fingerprint density at radius 1 is 0.963 bits per heavy atom. The summed E-state index contributed by atoms with van der Waals surface area (Å²) in [6.07, 6.45) is 1.69. The number of nitrogens with zero attached hydrogens (tertiary/aromatic N) is 2. The van der Waals surface area contributed by atoms with Gasteiger partial charge in [0.2, 0.25) is 0 Å². The van der Waals surface area contributed by atoms with E-state index in [2.05, 4.69) is 6.07 Å². The first kappa shape index (κ1) is 17.1. The highest BCUT2D eigenvalue weighted by atomic mass is 32.2. The van der Waals surface area contributed by atoms with Crippen molar-refractivity contribution in [3.63, 3.8) is 0 Å². The van der Waals surface area contributed by atoms with Crippen LogP contribution in [-0.4, -0.2) is 16.0 Å². The number of amides is 2. The standard InChI is InChI=1S/C22H14N2O2S/c23-13-16-7-5-15(6-8-16)12-20-21(25)24(22(26)27-20)14-17-9-10-18-3-1-2-4-19(18)11-17/h1-12H,14H2/b20-12-. The second-order valence-corrected chi connectivity index (χ2v) is 7.18. The normalized spacial score (nSPS) is 15.5. The van der Waals surface area contributed by atoms with E-state index < -0.39 is 0 Å². The molecule has 1 heterocycles. The monoisotopic (exact) mass is 370 g/mol. The van der Waals surface area contributed by atoms with Crippen molar-refractivity contribution < 1.29 is 9.59 Å². The zero-order valence-corrected chi connectivity index (χ0v) is 15.1. The summed E-state index contributed by atoms with van der Waals surface area (Å²) in [5.74, 6) is -0.289. The van der Waals surface area contributed by atoms with E-state index in [0.29, 0.717) is 10.5 Å². The van der Waals surface area contributed by atoms with Crippen molar-refractivity contribution in [3.8, 4) is 6.07 Å². The number of nitriles is 1. The molecule has 0 radical (unpaired) electrons. The highest BCUT2D eigenvalue weighted by molar-refractivity contribution is 8.18. The van der Waals surface area contributed by atoms with E-state index in [-0.39, 0.29) is 17.7 Å². The minimum Gasteiger partial charge on any atom is -0.268 e. The molecular weight excluding hydrogens is 356 g/mol. The first-order chi connectivity index (χ1) is 13.1. The van der Waals surface area contributed by atoms with E-state index in [1.54, 1.807) is 30.3 Å². The molecule has 1 aliphatic rings. The molecule has 0 spiro atoms. The molecule has 0 aromatic heterocycles. The Bertz CT molecular complexity index is 1130. The number of hydrogen-bond donors (Lipinski definition) is 0. The van der Waals surface area contributed by atoms with Crippen LogP contribution in [0.4, 0.5) is 4.79 Å². The molecule has 2 amide bonds. The molecule has 1 aliphatic heterocycles. The van der Waals surface area contributed by atoms with Gasteiger partial charge in [-0.25, -0.2) is 0 Å². The minimum absolute atomic E-state index is 0.250. The van der Waals surface area contributed by atoms with E-state index in [1.165, 1.54) is 4.90 Å². The van der Waals surface area contributed by atoms with Crippen LogP contribution in [0.1, 0.15) is 16.7 Å². The summed E-state index contributed by atoms with van der Waals surface area (Å²) in [5.41, 5.74) is 2.25. The summed E-state index contributed by atoms with van der Waals surface area (Å²) in [5, 5.41) is 10.8. The lowest BCUT2D eigenvalue weighted by Gasteiger charge is -2.13. The molecule has 0 saturated carbocycles. The van der Waals surface area contributed by atoms with Gasteiger partial charge in [-0.05, 0) is 57.9 Å². The lowest BCUT2D eigenvalue weighted by atomic mass is 10.1. The third-order valence-electron chi connectivity index (χ3n) is 4.37. The summed E-state index contributed by atoms with van der Waals surface area (Å²) in [4.78, 5) is 26.7. The van der Waals surface area contributed by atoms with Gasteiger partial charge in [-0.15, -0.1) is 0 Å². The zero-order valence-electron chi connectivity index (χ0n) is 14.3. The van der Waals surface area contributed by atoms with E-state index >= 15 is 0 Å². The third kappa shape index (κ3) is 3.48. The van der Waals surface area contributed by atoms with Gasteiger partial charge in [-0.1, -0.05) is 48.5 Å². The number of thioether (sulfide) groups is 1. The van der Waals surface area contributed by atoms with E-state index in [0.717, 1.165) is 33.7 Å². The van der Waals surface area contributed by atoms with Gasteiger partial charge in [0.1, 0.15) is 0 Å². The number of rotatable bonds is 3. The fraction of sp³-hybridized carbons (Fsp3) is 0.0455. The molecule has 0 aliphatic carbocycles. The first-order valence-corrected chi connectivity index (χ1v) is 9.19. The predicted molar refractivity (Wildman–Crippen MR) is 107 cm³/mol. The Kier molecular flexibility index (Phi) is 4.49. The predicted octanol–water partition coefficient (Wildman–Crippen LogP) is 4.95. The van der Waals surface area contributed by atoms with Crippen molar-refractivity contribution >= 4 is 39.8 Å². The summed E-state index contributed by atoms with van der Waals surface area (Å²) in [6.45, 7) is 0.250. The Morgan fingerprint density at radius 3 is 2.44 bits per heavy atom. The summed E-state index contributed by atoms with van der Waals surface area (Å²) >= 11 is 0.943. The molecule has 0 bridgehead atoms. The van der Waals surface area contributed by atoms with Crippen molar-refractivity contribution in [2.45, 2.75) is 6.54 Å². The largest absolute Gasteiger partial charge is 0.293 e.